The van der Waals surface area contributed by atoms with Gasteiger partial charge >= 0.3 is 11.9 Å². The van der Waals surface area contributed by atoms with E-state index in [4.69, 9.17) is 14.2 Å². The first-order valence-corrected chi connectivity index (χ1v) is 15.8. The van der Waals surface area contributed by atoms with Crippen LogP contribution >= 0.6 is 0 Å². The van der Waals surface area contributed by atoms with E-state index in [-0.39, 0.29) is 34.1 Å². The van der Waals surface area contributed by atoms with Gasteiger partial charge in [-0.15, -0.1) is 0 Å². The minimum atomic E-state index is -0.474. The van der Waals surface area contributed by atoms with Crippen molar-refractivity contribution in [3.05, 3.63) is 47.5 Å². The monoisotopic (exact) mass is 550 g/mol. The molecule has 0 amide bonds. The van der Waals surface area contributed by atoms with Crippen molar-refractivity contribution < 1.29 is 23.8 Å². The summed E-state index contributed by atoms with van der Waals surface area (Å²) in [5.41, 5.74) is 2.35. The number of hydrogen-bond acceptors (Lipinski definition) is 5. The molecule has 0 saturated heterocycles. The molecule has 2 bridgehead atoms. The summed E-state index contributed by atoms with van der Waals surface area (Å²) in [6, 6.07) is 10.4. The van der Waals surface area contributed by atoms with Gasteiger partial charge in [0.1, 0.15) is 0 Å². The van der Waals surface area contributed by atoms with Gasteiger partial charge in [-0.3, -0.25) is 9.59 Å². The van der Waals surface area contributed by atoms with Crippen LogP contribution in [0.25, 0.3) is 0 Å². The van der Waals surface area contributed by atoms with Crippen LogP contribution in [0.2, 0.25) is 0 Å². The van der Waals surface area contributed by atoms with Gasteiger partial charge in [0, 0.05) is 5.41 Å². The first-order valence-electron chi connectivity index (χ1n) is 15.8. The summed E-state index contributed by atoms with van der Waals surface area (Å²) in [7, 11) is 0. The molecule has 220 valence electrons. The maximum Gasteiger partial charge on any atom is 0.310 e. The van der Waals surface area contributed by atoms with Gasteiger partial charge in [-0.05, 0) is 86.0 Å². The van der Waals surface area contributed by atoms with Gasteiger partial charge < -0.3 is 14.2 Å². The number of benzene rings is 1. The van der Waals surface area contributed by atoms with Crippen molar-refractivity contribution in [3.63, 3.8) is 0 Å². The second kappa shape index (κ2) is 11.3. The molecule has 5 nitrogen and oxygen atoms in total. The molecule has 1 aromatic rings. The predicted molar refractivity (Wildman–Crippen MR) is 156 cm³/mol. The molecule has 1 spiro atoms. The topological polar surface area (TPSA) is 61.8 Å². The van der Waals surface area contributed by atoms with E-state index in [2.05, 4.69) is 58.0 Å². The zero-order valence-corrected chi connectivity index (χ0v) is 25.5. The van der Waals surface area contributed by atoms with Crippen LogP contribution < -0.4 is 0 Å². The van der Waals surface area contributed by atoms with Crippen molar-refractivity contribution in [2.24, 2.45) is 51.8 Å². The van der Waals surface area contributed by atoms with Crippen LogP contribution in [0.5, 0.6) is 0 Å². The summed E-state index contributed by atoms with van der Waals surface area (Å²) in [6.07, 6.45) is 8.89. The summed E-state index contributed by atoms with van der Waals surface area (Å²) < 4.78 is 17.8. The molecule has 3 saturated carbocycles. The molecule has 5 heteroatoms. The van der Waals surface area contributed by atoms with Crippen molar-refractivity contribution in [3.8, 4) is 0 Å². The van der Waals surface area contributed by atoms with Gasteiger partial charge in [-0.1, -0.05) is 76.1 Å². The fourth-order valence-electron chi connectivity index (χ4n) is 10.0. The molecule has 0 unspecified atom stereocenters. The third kappa shape index (κ3) is 4.74. The molecule has 0 aromatic heterocycles. The molecule has 0 radical (unpaired) electrons. The Morgan fingerprint density at radius 2 is 1.65 bits per heavy atom. The zero-order valence-electron chi connectivity index (χ0n) is 25.5. The summed E-state index contributed by atoms with van der Waals surface area (Å²) in [6.45, 7) is 15.2. The Kier molecular flexibility index (Phi) is 8.27. The van der Waals surface area contributed by atoms with E-state index in [1.165, 1.54) is 24.0 Å². The number of rotatable bonds is 9. The predicted octanol–water partition coefficient (Wildman–Crippen LogP) is 7.39. The molecule has 8 atom stereocenters. The van der Waals surface area contributed by atoms with Crippen LogP contribution in [-0.2, 0) is 30.4 Å². The fourth-order valence-corrected chi connectivity index (χ4v) is 10.0. The second-order valence-electron chi connectivity index (χ2n) is 13.9. The van der Waals surface area contributed by atoms with Gasteiger partial charge in [-0.2, -0.15) is 0 Å². The minimum Gasteiger partial charge on any atom is -0.466 e. The third-order valence-corrected chi connectivity index (χ3v) is 11.4. The summed E-state index contributed by atoms with van der Waals surface area (Å²) >= 11 is 0. The largest absolute Gasteiger partial charge is 0.466 e. The van der Waals surface area contributed by atoms with Crippen LogP contribution in [0.3, 0.4) is 0 Å². The van der Waals surface area contributed by atoms with E-state index in [9.17, 15) is 9.59 Å². The zero-order chi connectivity index (χ0) is 28.7. The Morgan fingerprint density at radius 1 is 0.950 bits per heavy atom. The van der Waals surface area contributed by atoms with E-state index < -0.39 is 11.8 Å². The van der Waals surface area contributed by atoms with Gasteiger partial charge in [0.05, 0.1) is 38.3 Å². The van der Waals surface area contributed by atoms with Crippen molar-refractivity contribution in [1.82, 2.24) is 0 Å². The van der Waals surface area contributed by atoms with Gasteiger partial charge in [0.25, 0.3) is 0 Å². The molecule has 0 heterocycles. The van der Waals surface area contributed by atoms with Crippen LogP contribution in [0.1, 0.15) is 85.6 Å². The summed E-state index contributed by atoms with van der Waals surface area (Å²) in [4.78, 5) is 27.4. The Labute approximate surface area is 241 Å². The molecule has 0 aliphatic heterocycles. The Morgan fingerprint density at radius 3 is 2.33 bits per heavy atom. The average molecular weight is 551 g/mol. The minimum absolute atomic E-state index is 0.0263. The molecule has 1 aromatic carbocycles. The highest BCUT2D eigenvalue weighted by Gasteiger charge is 2.70. The number of esters is 2. The molecule has 40 heavy (non-hydrogen) atoms. The Balaban J connectivity index is 1.50. The number of hydrogen-bond donors (Lipinski definition) is 0. The van der Waals surface area contributed by atoms with E-state index in [1.54, 1.807) is 0 Å². The van der Waals surface area contributed by atoms with Gasteiger partial charge in [0.2, 0.25) is 0 Å². The third-order valence-electron chi connectivity index (χ3n) is 11.4. The van der Waals surface area contributed by atoms with Gasteiger partial charge in [-0.25, -0.2) is 0 Å². The molecule has 5 aliphatic rings. The number of ether oxygens (including phenoxy) is 3. The molecule has 0 N–H and O–H groups in total. The Hall–Kier alpha value is -2.14. The SMILES string of the molecule is CCOC(=O)[C@@H]1[C@@H](C(=O)OCC)[C@@]23C=C(C(C)C)[C@@H]1C[C@@H]2[C@@]1(C)CCC[C@@](C)(COCc2ccccc2)[C@@H]1CC3. The standard InChI is InChI=1S/C35H50O5/c1-7-39-31(36)29-25-19-28-34(6)17-12-16-33(5,22-38-21-24-13-10-9-11-14-24)27(34)15-18-35(28,20-26(25)23(3)4)30(29)32(37)40-8-2/h9-11,13-14,20,23,25,27-30H,7-8,12,15-19,21-22H2,1-6H3/t25-,27-,28+,29-,30-,33-,34-,35-/m0/s1. The average Bonchev–Trinajstić information content (AvgIpc) is 2.92. The number of carbonyl (C=O) groups excluding carboxylic acids is 2. The van der Waals surface area contributed by atoms with E-state index >= 15 is 0 Å². The highest BCUT2D eigenvalue weighted by atomic mass is 16.5. The molecular weight excluding hydrogens is 500 g/mol. The number of fused-ring (bicyclic) bond motifs is 2. The quantitative estimate of drug-likeness (QED) is 0.237. The van der Waals surface area contributed by atoms with E-state index in [1.807, 2.05) is 19.9 Å². The lowest BCUT2D eigenvalue weighted by Crippen LogP contribution is -2.66. The van der Waals surface area contributed by atoms with Crippen LogP contribution in [0.4, 0.5) is 0 Å². The second-order valence-corrected chi connectivity index (χ2v) is 13.9. The Bertz CT molecular complexity index is 1110. The van der Waals surface area contributed by atoms with Crippen LogP contribution in [0.15, 0.2) is 42.0 Å². The van der Waals surface area contributed by atoms with E-state index in [0.717, 1.165) is 32.3 Å². The van der Waals surface area contributed by atoms with Crippen molar-refractivity contribution in [1.29, 1.82) is 0 Å². The first-order chi connectivity index (χ1) is 19.1. The van der Waals surface area contributed by atoms with E-state index in [0.29, 0.717) is 37.6 Å². The molecular formula is C35H50O5. The number of allylic oxidation sites excluding steroid dienone is 2. The molecule has 3 fully saturated rings. The lowest BCUT2D eigenvalue weighted by atomic mass is 9.34. The maximum atomic E-state index is 13.8. The summed E-state index contributed by atoms with van der Waals surface area (Å²) in [5.74, 6) is -0.153. The first kappa shape index (κ1) is 29.4. The van der Waals surface area contributed by atoms with Crippen molar-refractivity contribution >= 4 is 11.9 Å². The number of carbonyl (C=O) groups is 2. The van der Waals surface area contributed by atoms with Crippen molar-refractivity contribution in [2.75, 3.05) is 19.8 Å². The van der Waals surface area contributed by atoms with Crippen LogP contribution in [-0.4, -0.2) is 31.8 Å². The molecule has 6 rings (SSSR count). The maximum absolute atomic E-state index is 13.8. The highest BCUT2D eigenvalue weighted by Crippen LogP contribution is 2.73. The molecule has 5 aliphatic carbocycles. The highest BCUT2D eigenvalue weighted by molar-refractivity contribution is 5.85. The normalized spacial score (nSPS) is 38.3. The van der Waals surface area contributed by atoms with Crippen LogP contribution in [0, 0.1) is 51.8 Å². The summed E-state index contributed by atoms with van der Waals surface area (Å²) in [5, 5.41) is 0. The smallest absolute Gasteiger partial charge is 0.310 e. The lowest BCUT2D eigenvalue weighted by molar-refractivity contribution is -0.211. The lowest BCUT2D eigenvalue weighted by Gasteiger charge is -2.69. The van der Waals surface area contributed by atoms with Crippen molar-refractivity contribution in [2.45, 2.75) is 86.7 Å². The van der Waals surface area contributed by atoms with Gasteiger partial charge in [0.15, 0.2) is 0 Å². The fraction of sp³-hybridized carbons (Fsp3) is 0.714.